The van der Waals surface area contributed by atoms with Gasteiger partial charge >= 0.3 is 5.69 Å². The van der Waals surface area contributed by atoms with Crippen LogP contribution in [0.5, 0.6) is 0 Å². The number of anilines is 1. The molecule has 0 amide bonds. The van der Waals surface area contributed by atoms with Crippen molar-refractivity contribution in [2.45, 2.75) is 70.1 Å². The van der Waals surface area contributed by atoms with Crippen LogP contribution in [-0.4, -0.2) is 64.2 Å². The molecule has 0 spiro atoms. The fourth-order valence-corrected chi connectivity index (χ4v) is 5.13. The smallest absolute Gasteiger partial charge is 0.347 e. The van der Waals surface area contributed by atoms with Gasteiger partial charge in [0.05, 0.1) is 19.3 Å². The molecule has 2 saturated heterocycles. The number of aromatic nitrogens is 3. The van der Waals surface area contributed by atoms with Crippen LogP contribution >= 0.6 is 0 Å². The summed E-state index contributed by atoms with van der Waals surface area (Å²) in [7, 11) is 5.31. The van der Waals surface area contributed by atoms with E-state index in [1.807, 2.05) is 14.1 Å². The molecule has 0 N–H and O–H groups in total. The lowest BCUT2D eigenvalue weighted by Crippen LogP contribution is -2.48. The number of benzene rings is 1. The molecule has 1 aromatic heterocycles. The lowest BCUT2D eigenvalue weighted by Gasteiger charge is -2.39. The van der Waals surface area contributed by atoms with Crippen molar-refractivity contribution in [3.05, 3.63) is 45.9 Å². The third-order valence-electron chi connectivity index (χ3n) is 6.61. The molecule has 0 radical (unpaired) electrons. The summed E-state index contributed by atoms with van der Waals surface area (Å²) in [6, 6.07) is 9.14. The first kappa shape index (κ1) is 22.0. The second-order valence-electron chi connectivity index (χ2n) is 9.29. The average Bonchev–Trinajstić information content (AvgIpc) is 3.12. The predicted octanol–water partition coefficient (Wildman–Crippen LogP) is 2.51. The van der Waals surface area contributed by atoms with Gasteiger partial charge in [-0.3, -0.25) is 9.47 Å². The van der Waals surface area contributed by atoms with Crippen molar-refractivity contribution in [3.63, 3.8) is 0 Å². The van der Waals surface area contributed by atoms with Crippen molar-refractivity contribution in [1.29, 1.82) is 0 Å². The fourth-order valence-electron chi connectivity index (χ4n) is 5.13. The van der Waals surface area contributed by atoms with Crippen molar-refractivity contribution >= 4 is 5.95 Å². The topological polar surface area (TPSA) is 55.5 Å². The number of hydrogen-bond acceptors (Lipinski definition) is 5. The number of fused-ring (bicyclic) bond motifs is 2. The van der Waals surface area contributed by atoms with E-state index in [9.17, 15) is 9.18 Å². The summed E-state index contributed by atoms with van der Waals surface area (Å²) >= 11 is 0. The molecular weight excluding hydrogens is 397 g/mol. The van der Waals surface area contributed by atoms with E-state index >= 15 is 0 Å². The molecule has 170 valence electrons. The quantitative estimate of drug-likeness (QED) is 0.643. The maximum absolute atomic E-state index is 15.0. The molecule has 2 aromatic rings. The maximum Gasteiger partial charge on any atom is 0.347 e. The van der Waals surface area contributed by atoms with Gasteiger partial charge in [0.15, 0.2) is 0 Å². The summed E-state index contributed by atoms with van der Waals surface area (Å²) in [6.07, 6.45) is 3.18. The summed E-state index contributed by atoms with van der Waals surface area (Å²) < 4.78 is 23.9. The van der Waals surface area contributed by atoms with Crippen molar-refractivity contribution in [2.24, 2.45) is 7.05 Å². The van der Waals surface area contributed by atoms with Crippen molar-refractivity contribution in [3.8, 4) is 0 Å². The summed E-state index contributed by atoms with van der Waals surface area (Å²) in [5.41, 5.74) is 2.17. The Bertz CT molecular complexity index is 942. The Hall–Kier alpha value is -2.19. The Balaban J connectivity index is 1.32. The van der Waals surface area contributed by atoms with Crippen LogP contribution in [0.25, 0.3) is 0 Å². The standard InChI is InChI=1S/C23H34FN5O2/c1-16-6-5-7-17(10-16)15-31-21-11-19-8-9-20(12-21)28(19)13-18(24)14-29-23(30)27(4)22(25-29)26(2)3/h5-7,10,18-21H,8-9,11-15H2,1-4H3/t18?,19-,20+,21?. The van der Waals surface area contributed by atoms with E-state index in [1.165, 1.54) is 20.4 Å². The Labute approximate surface area is 183 Å². The lowest BCUT2D eigenvalue weighted by molar-refractivity contribution is -0.0342. The lowest BCUT2D eigenvalue weighted by atomic mass is 9.99. The molecule has 2 bridgehead atoms. The molecule has 3 heterocycles. The Morgan fingerprint density at radius 3 is 2.55 bits per heavy atom. The monoisotopic (exact) mass is 431 g/mol. The average molecular weight is 432 g/mol. The normalized spacial score (nSPS) is 24.5. The summed E-state index contributed by atoms with van der Waals surface area (Å²) in [5.74, 6) is 0.531. The minimum atomic E-state index is -1.13. The zero-order valence-corrected chi connectivity index (χ0v) is 19.0. The number of nitrogens with zero attached hydrogens (tertiary/aromatic N) is 5. The van der Waals surface area contributed by atoms with Gasteiger partial charge in [-0.25, -0.2) is 13.9 Å². The Morgan fingerprint density at radius 1 is 1.23 bits per heavy atom. The highest BCUT2D eigenvalue weighted by atomic mass is 19.1. The third-order valence-corrected chi connectivity index (χ3v) is 6.61. The van der Waals surface area contributed by atoms with Crippen molar-refractivity contribution < 1.29 is 9.13 Å². The van der Waals surface area contributed by atoms with Crippen LogP contribution < -0.4 is 10.6 Å². The van der Waals surface area contributed by atoms with Crippen LogP contribution in [0.3, 0.4) is 0 Å². The van der Waals surface area contributed by atoms with Gasteiger partial charge in [-0.15, -0.1) is 5.10 Å². The highest BCUT2D eigenvalue weighted by Crippen LogP contribution is 2.37. The largest absolute Gasteiger partial charge is 0.373 e. The van der Waals surface area contributed by atoms with E-state index < -0.39 is 6.17 Å². The number of piperidine rings is 1. The van der Waals surface area contributed by atoms with Crippen LogP contribution in [-0.2, 0) is 24.9 Å². The van der Waals surface area contributed by atoms with Gasteiger partial charge in [-0.2, -0.15) is 0 Å². The molecular formula is C23H34FN5O2. The van der Waals surface area contributed by atoms with E-state index in [0.717, 1.165) is 25.7 Å². The summed E-state index contributed by atoms with van der Waals surface area (Å²) in [5, 5.41) is 4.28. The molecule has 2 unspecified atom stereocenters. The van der Waals surface area contributed by atoms with Crippen molar-refractivity contribution in [2.75, 3.05) is 25.5 Å². The van der Waals surface area contributed by atoms with Gasteiger partial charge in [-0.1, -0.05) is 29.8 Å². The molecule has 0 saturated carbocycles. The van der Waals surface area contributed by atoms with Crippen LogP contribution in [0.4, 0.5) is 10.3 Å². The van der Waals surface area contributed by atoms with Crippen LogP contribution in [0.15, 0.2) is 29.1 Å². The Morgan fingerprint density at radius 2 is 1.94 bits per heavy atom. The van der Waals surface area contributed by atoms with Crippen molar-refractivity contribution in [1.82, 2.24) is 19.2 Å². The number of ether oxygens (including phenoxy) is 1. The number of alkyl halides is 1. The van der Waals surface area contributed by atoms with Gasteiger partial charge in [0.2, 0.25) is 5.95 Å². The molecule has 7 nitrogen and oxygen atoms in total. The van der Waals surface area contributed by atoms with Gasteiger partial charge in [0.25, 0.3) is 0 Å². The SMILES string of the molecule is Cc1cccc(COC2C[C@H]3CC[C@@H](C2)N3CC(F)Cn2nc(N(C)C)n(C)c2=O)c1. The first-order valence-corrected chi connectivity index (χ1v) is 11.2. The molecule has 2 aliphatic heterocycles. The fraction of sp³-hybridized carbons (Fsp3) is 0.652. The van der Waals surface area contributed by atoms with E-state index in [-0.39, 0.29) is 18.3 Å². The second kappa shape index (κ2) is 9.12. The molecule has 2 fully saturated rings. The zero-order chi connectivity index (χ0) is 22.1. The molecule has 1 aromatic carbocycles. The zero-order valence-electron chi connectivity index (χ0n) is 19.0. The predicted molar refractivity (Wildman–Crippen MR) is 119 cm³/mol. The molecule has 0 aliphatic carbocycles. The molecule has 4 rings (SSSR count). The minimum absolute atomic E-state index is 0.0102. The second-order valence-corrected chi connectivity index (χ2v) is 9.29. The highest BCUT2D eigenvalue weighted by Gasteiger charge is 2.42. The first-order chi connectivity index (χ1) is 14.8. The van der Waals surface area contributed by atoms with Gasteiger partial charge in [0, 0.05) is 39.8 Å². The number of hydrogen-bond donors (Lipinski definition) is 0. The molecule has 8 heteroatoms. The van der Waals surface area contributed by atoms with Crippen LogP contribution in [0, 0.1) is 6.92 Å². The van der Waals surface area contributed by atoms with E-state index in [2.05, 4.69) is 41.2 Å². The van der Waals surface area contributed by atoms with E-state index in [1.54, 1.807) is 11.9 Å². The summed E-state index contributed by atoms with van der Waals surface area (Å²) in [4.78, 5) is 16.4. The Kier molecular flexibility index (Phi) is 6.48. The number of rotatable bonds is 8. The minimum Gasteiger partial charge on any atom is -0.373 e. The molecule has 2 aliphatic rings. The number of aryl methyl sites for hydroxylation is 1. The summed E-state index contributed by atoms with van der Waals surface area (Å²) in [6.45, 7) is 3.06. The molecule has 4 atom stereocenters. The number of halogens is 1. The van der Waals surface area contributed by atoms with E-state index in [0.29, 0.717) is 31.2 Å². The van der Waals surface area contributed by atoms with Gasteiger partial charge in [-0.05, 0) is 38.2 Å². The van der Waals surface area contributed by atoms with Gasteiger partial charge in [0.1, 0.15) is 6.17 Å². The maximum atomic E-state index is 15.0. The van der Waals surface area contributed by atoms with E-state index in [4.69, 9.17) is 4.74 Å². The van der Waals surface area contributed by atoms with Crippen LogP contribution in [0.2, 0.25) is 0 Å². The third kappa shape index (κ3) is 4.85. The first-order valence-electron chi connectivity index (χ1n) is 11.2. The van der Waals surface area contributed by atoms with Gasteiger partial charge < -0.3 is 9.64 Å². The van der Waals surface area contributed by atoms with Crippen LogP contribution in [0.1, 0.15) is 36.8 Å². The highest BCUT2D eigenvalue weighted by molar-refractivity contribution is 5.25. The molecule has 31 heavy (non-hydrogen) atoms.